The Bertz CT molecular complexity index is 535. The Balaban J connectivity index is 1.96. The maximum absolute atomic E-state index is 5.95. The Labute approximate surface area is 123 Å². The number of rotatable bonds is 6. The number of nitrogens with zero attached hydrogens (tertiary/aromatic N) is 1. The molecule has 2 rings (SSSR count). The molecular formula is C14H19ClN2OS. The van der Waals surface area contributed by atoms with Crippen molar-refractivity contribution in [3.8, 4) is 0 Å². The van der Waals surface area contributed by atoms with Crippen molar-refractivity contribution in [1.29, 1.82) is 0 Å². The Kier molecular flexibility index (Phi) is 5.05. The molecule has 0 atom stereocenters. The second-order valence-electron chi connectivity index (χ2n) is 4.70. The number of aryl methyl sites for hydroxylation is 1. The zero-order valence-corrected chi connectivity index (χ0v) is 13.1. The minimum atomic E-state index is 0.769. The Morgan fingerprint density at radius 1 is 1.37 bits per heavy atom. The van der Waals surface area contributed by atoms with E-state index in [1.807, 2.05) is 20.0 Å². The van der Waals surface area contributed by atoms with Gasteiger partial charge in [-0.3, -0.25) is 4.90 Å². The summed E-state index contributed by atoms with van der Waals surface area (Å²) in [6.07, 6.45) is 0. The fraction of sp³-hybridized carbons (Fsp3) is 0.429. The first-order valence-electron chi connectivity index (χ1n) is 6.24. The van der Waals surface area contributed by atoms with E-state index in [1.54, 1.807) is 11.3 Å². The molecule has 3 nitrogen and oxygen atoms in total. The summed E-state index contributed by atoms with van der Waals surface area (Å²) in [5, 5.41) is 3.10. The molecule has 0 aliphatic carbocycles. The predicted octanol–water partition coefficient (Wildman–Crippen LogP) is 3.65. The number of thiophene rings is 1. The lowest BCUT2D eigenvalue weighted by atomic mass is 10.2. The second kappa shape index (κ2) is 6.57. The molecule has 0 bridgehead atoms. The summed E-state index contributed by atoms with van der Waals surface area (Å²) in [6.45, 7) is 4.58. The van der Waals surface area contributed by atoms with Gasteiger partial charge in [0.15, 0.2) is 0 Å². The summed E-state index contributed by atoms with van der Waals surface area (Å²) in [5.41, 5.74) is 1.25. The van der Waals surface area contributed by atoms with Crippen molar-refractivity contribution < 1.29 is 4.42 Å². The highest BCUT2D eigenvalue weighted by atomic mass is 35.5. The molecule has 2 aromatic heterocycles. The van der Waals surface area contributed by atoms with Crippen LogP contribution in [0, 0.1) is 6.92 Å². The SMILES string of the molecule is CNCc1cc(CN(C)Cc2ccc(Cl)s2)c(C)o1. The third-order valence-corrected chi connectivity index (χ3v) is 4.13. The predicted molar refractivity (Wildman–Crippen MR) is 80.7 cm³/mol. The van der Waals surface area contributed by atoms with Crippen LogP contribution in [0.15, 0.2) is 22.6 Å². The molecule has 0 aliphatic rings. The molecule has 0 amide bonds. The van der Waals surface area contributed by atoms with Crippen LogP contribution >= 0.6 is 22.9 Å². The molecule has 2 heterocycles. The van der Waals surface area contributed by atoms with Crippen molar-refractivity contribution in [2.75, 3.05) is 14.1 Å². The number of hydrogen-bond donors (Lipinski definition) is 1. The third-order valence-electron chi connectivity index (χ3n) is 2.92. The van der Waals surface area contributed by atoms with Gasteiger partial charge in [0.2, 0.25) is 0 Å². The van der Waals surface area contributed by atoms with Crippen LogP contribution in [0.3, 0.4) is 0 Å². The molecule has 0 saturated carbocycles. The van der Waals surface area contributed by atoms with Gasteiger partial charge >= 0.3 is 0 Å². The molecule has 5 heteroatoms. The van der Waals surface area contributed by atoms with Gasteiger partial charge in [0.1, 0.15) is 11.5 Å². The number of nitrogens with one attached hydrogen (secondary N) is 1. The zero-order valence-electron chi connectivity index (χ0n) is 11.5. The number of halogens is 1. The molecule has 1 N–H and O–H groups in total. The van der Waals surface area contributed by atoms with Gasteiger partial charge in [-0.1, -0.05) is 11.6 Å². The van der Waals surface area contributed by atoms with E-state index in [1.165, 1.54) is 10.4 Å². The fourth-order valence-electron chi connectivity index (χ4n) is 2.06. The van der Waals surface area contributed by atoms with E-state index < -0.39 is 0 Å². The molecule has 0 unspecified atom stereocenters. The highest BCUT2D eigenvalue weighted by molar-refractivity contribution is 7.16. The van der Waals surface area contributed by atoms with Crippen LogP contribution in [0.5, 0.6) is 0 Å². The van der Waals surface area contributed by atoms with Gasteiger partial charge in [0, 0.05) is 23.5 Å². The smallest absolute Gasteiger partial charge is 0.118 e. The molecule has 19 heavy (non-hydrogen) atoms. The number of furan rings is 1. The van der Waals surface area contributed by atoms with Crippen LogP contribution in [-0.2, 0) is 19.6 Å². The Hall–Kier alpha value is -0.810. The van der Waals surface area contributed by atoms with E-state index >= 15 is 0 Å². The lowest BCUT2D eigenvalue weighted by molar-refractivity contribution is 0.319. The third kappa shape index (κ3) is 4.08. The van der Waals surface area contributed by atoms with E-state index in [9.17, 15) is 0 Å². The van der Waals surface area contributed by atoms with Gasteiger partial charge in [0.05, 0.1) is 10.9 Å². The van der Waals surface area contributed by atoms with Crippen LogP contribution in [-0.4, -0.2) is 19.0 Å². The number of hydrogen-bond acceptors (Lipinski definition) is 4. The van der Waals surface area contributed by atoms with E-state index in [-0.39, 0.29) is 0 Å². The summed E-state index contributed by atoms with van der Waals surface area (Å²) in [5.74, 6) is 1.99. The van der Waals surface area contributed by atoms with E-state index in [0.717, 1.165) is 35.5 Å². The molecular weight excluding hydrogens is 280 g/mol. The van der Waals surface area contributed by atoms with Crippen molar-refractivity contribution in [3.05, 3.63) is 44.5 Å². The molecule has 0 fully saturated rings. The minimum Gasteiger partial charge on any atom is -0.465 e. The largest absolute Gasteiger partial charge is 0.465 e. The summed E-state index contributed by atoms with van der Waals surface area (Å²) in [7, 11) is 4.03. The average Bonchev–Trinajstić information content (AvgIpc) is 2.87. The molecule has 104 valence electrons. The highest BCUT2D eigenvalue weighted by Crippen LogP contribution is 2.23. The first-order valence-corrected chi connectivity index (χ1v) is 7.43. The average molecular weight is 299 g/mol. The fourth-order valence-corrected chi connectivity index (χ4v) is 3.22. The lowest BCUT2D eigenvalue weighted by Crippen LogP contribution is -2.16. The van der Waals surface area contributed by atoms with Gasteiger partial charge in [-0.25, -0.2) is 0 Å². The van der Waals surface area contributed by atoms with E-state index in [4.69, 9.17) is 16.0 Å². The van der Waals surface area contributed by atoms with Crippen LogP contribution in [0.2, 0.25) is 4.34 Å². The summed E-state index contributed by atoms with van der Waals surface area (Å²) in [6, 6.07) is 6.16. The quantitative estimate of drug-likeness (QED) is 0.882. The van der Waals surface area contributed by atoms with Crippen molar-refractivity contribution in [2.45, 2.75) is 26.6 Å². The lowest BCUT2D eigenvalue weighted by Gasteiger charge is -2.14. The van der Waals surface area contributed by atoms with Gasteiger partial charge in [-0.15, -0.1) is 11.3 Å². The monoisotopic (exact) mass is 298 g/mol. The van der Waals surface area contributed by atoms with Gasteiger partial charge in [-0.05, 0) is 39.2 Å². The Morgan fingerprint density at radius 2 is 2.16 bits per heavy atom. The van der Waals surface area contributed by atoms with Crippen molar-refractivity contribution >= 4 is 22.9 Å². The van der Waals surface area contributed by atoms with Crippen LogP contribution < -0.4 is 5.32 Å². The van der Waals surface area contributed by atoms with Crippen molar-refractivity contribution in [2.24, 2.45) is 0 Å². The normalized spacial score (nSPS) is 11.4. The molecule has 0 spiro atoms. The molecule has 0 aliphatic heterocycles. The van der Waals surface area contributed by atoms with Crippen LogP contribution in [0.4, 0.5) is 0 Å². The minimum absolute atomic E-state index is 0.769. The molecule has 2 aromatic rings. The van der Waals surface area contributed by atoms with E-state index in [2.05, 4.69) is 29.4 Å². The van der Waals surface area contributed by atoms with Crippen LogP contribution in [0.25, 0.3) is 0 Å². The maximum Gasteiger partial charge on any atom is 0.118 e. The Morgan fingerprint density at radius 3 is 2.79 bits per heavy atom. The van der Waals surface area contributed by atoms with Gasteiger partial charge < -0.3 is 9.73 Å². The first kappa shape index (κ1) is 14.6. The zero-order chi connectivity index (χ0) is 13.8. The van der Waals surface area contributed by atoms with Gasteiger partial charge in [0.25, 0.3) is 0 Å². The van der Waals surface area contributed by atoms with Crippen LogP contribution in [0.1, 0.15) is 22.0 Å². The highest BCUT2D eigenvalue weighted by Gasteiger charge is 2.10. The van der Waals surface area contributed by atoms with Crippen molar-refractivity contribution in [3.63, 3.8) is 0 Å². The summed E-state index contributed by atoms with van der Waals surface area (Å²) >= 11 is 7.58. The topological polar surface area (TPSA) is 28.4 Å². The van der Waals surface area contributed by atoms with Crippen molar-refractivity contribution in [1.82, 2.24) is 10.2 Å². The molecule has 0 aromatic carbocycles. The second-order valence-corrected chi connectivity index (χ2v) is 6.50. The standard InChI is InChI=1S/C14H19ClN2OS/c1-10-11(6-12(18-10)7-16-2)8-17(3)9-13-4-5-14(15)19-13/h4-6,16H,7-9H2,1-3H3. The summed E-state index contributed by atoms with van der Waals surface area (Å²) < 4.78 is 6.55. The summed E-state index contributed by atoms with van der Waals surface area (Å²) in [4.78, 5) is 3.55. The first-order chi connectivity index (χ1) is 9.08. The molecule has 0 radical (unpaired) electrons. The van der Waals surface area contributed by atoms with Gasteiger partial charge in [-0.2, -0.15) is 0 Å². The maximum atomic E-state index is 5.95. The van der Waals surface area contributed by atoms with E-state index in [0.29, 0.717) is 0 Å². The molecule has 0 saturated heterocycles.